The highest BCUT2D eigenvalue weighted by atomic mass is 79.9. The Morgan fingerprint density at radius 2 is 1.75 bits per heavy atom. The summed E-state index contributed by atoms with van der Waals surface area (Å²) in [6.07, 6.45) is 1.78. The molecule has 3 aromatic rings. The lowest BCUT2D eigenvalue weighted by Gasteiger charge is -2.06. The molecule has 118 valence electrons. The van der Waals surface area contributed by atoms with Crippen molar-refractivity contribution in [2.45, 2.75) is 6.92 Å². The number of hydrogen-bond acceptors (Lipinski definition) is 2. The largest absolute Gasteiger partial charge is 0.289 e. The van der Waals surface area contributed by atoms with Crippen LogP contribution in [0.3, 0.4) is 0 Å². The van der Waals surface area contributed by atoms with E-state index in [0.29, 0.717) is 16.8 Å². The average molecular weight is 378 g/mol. The molecule has 0 aromatic heterocycles. The van der Waals surface area contributed by atoms with Gasteiger partial charge in [0.2, 0.25) is 0 Å². The molecule has 0 radical (unpaired) electrons. The van der Waals surface area contributed by atoms with Crippen LogP contribution in [0.5, 0.6) is 0 Å². The van der Waals surface area contributed by atoms with E-state index in [1.165, 1.54) is 0 Å². The first-order valence-electron chi connectivity index (χ1n) is 7.63. The van der Waals surface area contributed by atoms with Crippen molar-refractivity contribution in [3.05, 3.63) is 99.5 Å². The van der Waals surface area contributed by atoms with Gasteiger partial charge in [-0.1, -0.05) is 70.0 Å². The molecule has 0 aliphatic rings. The van der Waals surface area contributed by atoms with Gasteiger partial charge in [-0.05, 0) is 36.8 Å². The van der Waals surface area contributed by atoms with Gasteiger partial charge < -0.3 is 0 Å². The number of nitrogens with zero attached hydrogens (tertiary/aromatic N) is 1. The molecular weight excluding hydrogens is 362 g/mol. The topological polar surface area (TPSA) is 29.4 Å². The third-order valence-corrected chi connectivity index (χ3v) is 4.13. The highest BCUT2D eigenvalue weighted by Crippen LogP contribution is 2.24. The van der Waals surface area contributed by atoms with Gasteiger partial charge in [-0.25, -0.2) is 0 Å². The quantitative estimate of drug-likeness (QED) is 0.421. The maximum Gasteiger partial charge on any atom is 0.195 e. The maximum atomic E-state index is 12.8. The van der Waals surface area contributed by atoms with E-state index in [1.54, 1.807) is 6.21 Å². The van der Waals surface area contributed by atoms with E-state index in [0.717, 1.165) is 15.6 Å². The van der Waals surface area contributed by atoms with Crippen LogP contribution in [0.15, 0.2) is 82.3 Å². The molecule has 0 aliphatic heterocycles. The third kappa shape index (κ3) is 3.87. The summed E-state index contributed by atoms with van der Waals surface area (Å²) in [7, 11) is 0. The first kappa shape index (κ1) is 16.3. The highest BCUT2D eigenvalue weighted by molar-refractivity contribution is 9.10. The molecule has 0 unspecified atom stereocenters. The smallest absolute Gasteiger partial charge is 0.195 e. The van der Waals surface area contributed by atoms with Gasteiger partial charge in [0.25, 0.3) is 0 Å². The van der Waals surface area contributed by atoms with Crippen molar-refractivity contribution in [2.24, 2.45) is 4.99 Å². The predicted molar refractivity (Wildman–Crippen MR) is 102 cm³/mol. The van der Waals surface area contributed by atoms with E-state index in [4.69, 9.17) is 0 Å². The van der Waals surface area contributed by atoms with Gasteiger partial charge in [0.15, 0.2) is 5.78 Å². The lowest BCUT2D eigenvalue weighted by Crippen LogP contribution is -2.02. The zero-order valence-electron chi connectivity index (χ0n) is 13.2. The van der Waals surface area contributed by atoms with E-state index in [1.807, 2.05) is 79.7 Å². The third-order valence-electron chi connectivity index (χ3n) is 3.63. The number of ketones is 1. The molecule has 3 rings (SSSR count). The van der Waals surface area contributed by atoms with E-state index in [2.05, 4.69) is 20.9 Å². The Bertz CT molecular complexity index is 901. The molecule has 2 nitrogen and oxygen atoms in total. The first-order valence-corrected chi connectivity index (χ1v) is 8.43. The van der Waals surface area contributed by atoms with Crippen molar-refractivity contribution in [1.29, 1.82) is 0 Å². The highest BCUT2D eigenvalue weighted by Gasteiger charge is 2.13. The summed E-state index contributed by atoms with van der Waals surface area (Å²) in [6, 6.07) is 22.9. The predicted octanol–water partition coefficient (Wildman–Crippen LogP) is 5.74. The lowest BCUT2D eigenvalue weighted by atomic mass is 10.00. The molecule has 0 aliphatic carbocycles. The molecule has 0 fully saturated rings. The molecule has 0 atom stereocenters. The Hall–Kier alpha value is -2.52. The second-order valence-electron chi connectivity index (χ2n) is 5.53. The number of aliphatic imine (C=N–C) groups is 1. The zero-order valence-corrected chi connectivity index (χ0v) is 14.8. The Morgan fingerprint density at radius 3 is 2.50 bits per heavy atom. The first-order chi connectivity index (χ1) is 11.6. The fraction of sp³-hybridized carbons (Fsp3) is 0.0476. The summed E-state index contributed by atoms with van der Waals surface area (Å²) < 4.78 is 0.996. The number of benzene rings is 3. The zero-order chi connectivity index (χ0) is 16.9. The second-order valence-corrected chi connectivity index (χ2v) is 6.44. The van der Waals surface area contributed by atoms with Gasteiger partial charge in [-0.2, -0.15) is 0 Å². The summed E-state index contributed by atoms with van der Waals surface area (Å²) in [5.41, 5.74) is 3.97. The summed E-state index contributed by atoms with van der Waals surface area (Å²) in [6.45, 7) is 1.98. The molecule has 0 amide bonds. The number of carbonyl (C=O) groups excluding carboxylic acids is 1. The van der Waals surface area contributed by atoms with Gasteiger partial charge in [-0.3, -0.25) is 9.79 Å². The average Bonchev–Trinajstić information content (AvgIpc) is 2.61. The second kappa shape index (κ2) is 7.37. The number of rotatable bonds is 4. The van der Waals surface area contributed by atoms with Crippen LogP contribution >= 0.6 is 15.9 Å². The normalized spacial score (nSPS) is 10.9. The van der Waals surface area contributed by atoms with E-state index < -0.39 is 0 Å². The van der Waals surface area contributed by atoms with Gasteiger partial charge in [0.1, 0.15) is 0 Å². The number of aryl methyl sites for hydroxylation is 1. The van der Waals surface area contributed by atoms with Crippen LogP contribution in [0.2, 0.25) is 0 Å². The molecule has 24 heavy (non-hydrogen) atoms. The van der Waals surface area contributed by atoms with Crippen LogP contribution < -0.4 is 0 Å². The molecule has 0 spiro atoms. The van der Waals surface area contributed by atoms with E-state index in [-0.39, 0.29) is 5.78 Å². The van der Waals surface area contributed by atoms with Crippen LogP contribution in [0, 0.1) is 6.92 Å². The summed E-state index contributed by atoms with van der Waals surface area (Å²) in [5.74, 6) is -0.0132. The molecule has 0 bridgehead atoms. The monoisotopic (exact) mass is 377 g/mol. The Kier molecular flexibility index (Phi) is 5.02. The van der Waals surface area contributed by atoms with Crippen molar-refractivity contribution in [2.75, 3.05) is 0 Å². The molecule has 0 heterocycles. The van der Waals surface area contributed by atoms with Gasteiger partial charge in [-0.15, -0.1) is 0 Å². The number of carbonyl (C=O) groups is 1. The van der Waals surface area contributed by atoms with Gasteiger partial charge >= 0.3 is 0 Å². The SMILES string of the molecule is Cc1ccc(N=Cc2cccc(Br)c2)c(C(=O)c2ccccc2)c1. The van der Waals surface area contributed by atoms with Crippen molar-refractivity contribution < 1.29 is 4.79 Å². The van der Waals surface area contributed by atoms with Crippen LogP contribution in [0.4, 0.5) is 5.69 Å². The lowest BCUT2D eigenvalue weighted by molar-refractivity contribution is 0.103. The number of hydrogen-bond donors (Lipinski definition) is 0. The minimum Gasteiger partial charge on any atom is -0.289 e. The van der Waals surface area contributed by atoms with Crippen LogP contribution in [-0.4, -0.2) is 12.0 Å². The fourth-order valence-electron chi connectivity index (χ4n) is 2.42. The van der Waals surface area contributed by atoms with Crippen LogP contribution in [0.25, 0.3) is 0 Å². The molecule has 3 aromatic carbocycles. The molecule has 3 heteroatoms. The summed E-state index contributed by atoms with van der Waals surface area (Å²) in [5, 5.41) is 0. The van der Waals surface area contributed by atoms with Crippen LogP contribution in [0.1, 0.15) is 27.0 Å². The maximum absolute atomic E-state index is 12.8. The molecule has 0 saturated carbocycles. The minimum absolute atomic E-state index is 0.0132. The van der Waals surface area contributed by atoms with Crippen molar-refractivity contribution in [3.8, 4) is 0 Å². The Balaban J connectivity index is 1.98. The van der Waals surface area contributed by atoms with Crippen molar-refractivity contribution in [3.63, 3.8) is 0 Å². The standard InChI is InChI=1S/C21H16BrNO/c1-15-10-11-20(23-14-16-6-5-9-18(22)13-16)19(12-15)21(24)17-7-3-2-4-8-17/h2-14H,1H3. The van der Waals surface area contributed by atoms with Crippen molar-refractivity contribution >= 4 is 33.6 Å². The van der Waals surface area contributed by atoms with Crippen LogP contribution in [-0.2, 0) is 0 Å². The molecule has 0 N–H and O–H groups in total. The van der Waals surface area contributed by atoms with Crippen molar-refractivity contribution in [1.82, 2.24) is 0 Å². The van der Waals surface area contributed by atoms with Gasteiger partial charge in [0, 0.05) is 21.8 Å². The number of halogens is 1. The molecular formula is C21H16BrNO. The minimum atomic E-state index is -0.0132. The molecule has 0 saturated heterocycles. The van der Waals surface area contributed by atoms with Gasteiger partial charge in [0.05, 0.1) is 5.69 Å². The summed E-state index contributed by atoms with van der Waals surface area (Å²) >= 11 is 3.45. The fourth-order valence-corrected chi connectivity index (χ4v) is 2.84. The Morgan fingerprint density at radius 1 is 0.958 bits per heavy atom. The van der Waals surface area contributed by atoms with E-state index >= 15 is 0 Å². The summed E-state index contributed by atoms with van der Waals surface area (Å²) in [4.78, 5) is 17.3. The Labute approximate surface area is 150 Å². The van der Waals surface area contributed by atoms with E-state index in [9.17, 15) is 4.79 Å².